The van der Waals surface area contributed by atoms with E-state index in [1.165, 1.54) is 0 Å². The van der Waals surface area contributed by atoms with Crippen LogP contribution in [0.5, 0.6) is 0 Å². The molecule has 8 heavy (non-hydrogen) atoms. The van der Waals surface area contributed by atoms with Gasteiger partial charge in [0.15, 0.2) is 0 Å². The standard InChI is InChI=1S/C5H11BO2/c1-4-3-5(4,2)6(7)8/h4,7-8H,3H2,1-2H3. The molecule has 0 bridgehead atoms. The summed E-state index contributed by atoms with van der Waals surface area (Å²) in [6.07, 6.45) is 0.949. The topological polar surface area (TPSA) is 40.5 Å². The smallest absolute Gasteiger partial charge is 0.427 e. The van der Waals surface area contributed by atoms with Gasteiger partial charge in [-0.15, -0.1) is 0 Å². The highest BCUT2D eigenvalue weighted by Crippen LogP contribution is 2.59. The highest BCUT2D eigenvalue weighted by Gasteiger charge is 2.55. The van der Waals surface area contributed by atoms with Gasteiger partial charge in [-0.25, -0.2) is 0 Å². The maximum absolute atomic E-state index is 8.68. The molecular formula is C5H11BO2. The lowest BCUT2D eigenvalue weighted by Gasteiger charge is -2.04. The molecule has 2 atom stereocenters. The van der Waals surface area contributed by atoms with E-state index in [-0.39, 0.29) is 5.31 Å². The van der Waals surface area contributed by atoms with Crippen LogP contribution in [0.2, 0.25) is 5.31 Å². The van der Waals surface area contributed by atoms with Crippen molar-refractivity contribution >= 4 is 7.12 Å². The van der Waals surface area contributed by atoms with Crippen LogP contribution in [-0.4, -0.2) is 17.2 Å². The SMILES string of the molecule is CC1CC1(C)B(O)O. The molecule has 0 saturated heterocycles. The molecule has 2 N–H and O–H groups in total. The lowest BCUT2D eigenvalue weighted by atomic mass is 9.69. The second-order valence-corrected chi connectivity index (χ2v) is 2.98. The third kappa shape index (κ3) is 0.662. The molecule has 0 amide bonds. The van der Waals surface area contributed by atoms with Gasteiger partial charge < -0.3 is 10.0 Å². The first-order chi connectivity index (χ1) is 3.57. The maximum Gasteiger partial charge on any atom is 0.458 e. The molecule has 1 rings (SSSR count). The second kappa shape index (κ2) is 1.48. The third-order valence-corrected chi connectivity index (χ3v) is 2.30. The Morgan fingerprint density at radius 2 is 2.00 bits per heavy atom. The molecule has 46 valence electrons. The highest BCUT2D eigenvalue weighted by molar-refractivity contribution is 6.46. The normalized spacial score (nSPS) is 44.2. The molecule has 2 nitrogen and oxygen atoms in total. The van der Waals surface area contributed by atoms with Crippen molar-refractivity contribution in [1.82, 2.24) is 0 Å². The first-order valence-corrected chi connectivity index (χ1v) is 2.93. The van der Waals surface area contributed by atoms with Crippen LogP contribution in [0.15, 0.2) is 0 Å². The summed E-state index contributed by atoms with van der Waals surface area (Å²) in [7, 11) is -1.11. The molecule has 0 spiro atoms. The molecule has 3 heteroatoms. The summed E-state index contributed by atoms with van der Waals surface area (Å²) in [6.45, 7) is 3.92. The largest absolute Gasteiger partial charge is 0.458 e. The summed E-state index contributed by atoms with van der Waals surface area (Å²) in [4.78, 5) is 0. The summed E-state index contributed by atoms with van der Waals surface area (Å²) in [5.74, 6) is 0.488. The van der Waals surface area contributed by atoms with Crippen LogP contribution in [-0.2, 0) is 0 Å². The van der Waals surface area contributed by atoms with Crippen LogP contribution in [0.1, 0.15) is 20.3 Å². The van der Waals surface area contributed by atoms with Gasteiger partial charge in [0, 0.05) is 5.31 Å². The Labute approximate surface area is 49.7 Å². The van der Waals surface area contributed by atoms with Gasteiger partial charge in [0.1, 0.15) is 0 Å². The summed E-state index contributed by atoms with van der Waals surface area (Å²) >= 11 is 0. The van der Waals surface area contributed by atoms with Crippen LogP contribution < -0.4 is 0 Å². The van der Waals surface area contributed by atoms with Crippen molar-refractivity contribution in [1.29, 1.82) is 0 Å². The van der Waals surface area contributed by atoms with Crippen molar-refractivity contribution in [2.45, 2.75) is 25.6 Å². The van der Waals surface area contributed by atoms with Crippen molar-refractivity contribution in [3.05, 3.63) is 0 Å². The zero-order valence-corrected chi connectivity index (χ0v) is 5.26. The first-order valence-electron chi connectivity index (χ1n) is 2.93. The predicted molar refractivity (Wildman–Crippen MR) is 32.3 cm³/mol. The van der Waals surface area contributed by atoms with Crippen molar-refractivity contribution < 1.29 is 10.0 Å². The molecule has 2 unspecified atom stereocenters. The van der Waals surface area contributed by atoms with Crippen molar-refractivity contribution in [3.8, 4) is 0 Å². The number of hydrogen-bond acceptors (Lipinski definition) is 2. The van der Waals surface area contributed by atoms with Crippen molar-refractivity contribution in [3.63, 3.8) is 0 Å². The fraction of sp³-hybridized carbons (Fsp3) is 1.00. The van der Waals surface area contributed by atoms with Crippen molar-refractivity contribution in [2.75, 3.05) is 0 Å². The summed E-state index contributed by atoms with van der Waals surface area (Å²) in [5, 5.41) is 17.2. The minimum Gasteiger partial charge on any atom is -0.427 e. The Balaban J connectivity index is 2.47. The van der Waals surface area contributed by atoms with Crippen LogP contribution in [0, 0.1) is 5.92 Å². The zero-order chi connectivity index (χ0) is 6.36. The molecule has 0 aromatic heterocycles. The average Bonchev–Trinajstić information content (AvgIpc) is 2.17. The Hall–Kier alpha value is -0.0151. The molecule has 1 aliphatic carbocycles. The van der Waals surface area contributed by atoms with Gasteiger partial charge in [0.25, 0.3) is 0 Å². The van der Waals surface area contributed by atoms with E-state index in [0.717, 1.165) is 6.42 Å². The van der Waals surface area contributed by atoms with Crippen molar-refractivity contribution in [2.24, 2.45) is 5.92 Å². The van der Waals surface area contributed by atoms with E-state index < -0.39 is 7.12 Å². The summed E-state index contributed by atoms with van der Waals surface area (Å²) in [5.41, 5.74) is 0. The Kier molecular flexibility index (Phi) is 1.13. The van der Waals surface area contributed by atoms with E-state index in [9.17, 15) is 0 Å². The monoisotopic (exact) mass is 114 g/mol. The molecule has 0 aromatic rings. The van der Waals surface area contributed by atoms with E-state index in [4.69, 9.17) is 10.0 Å². The van der Waals surface area contributed by atoms with E-state index in [1.807, 2.05) is 13.8 Å². The zero-order valence-electron chi connectivity index (χ0n) is 5.26. The van der Waals surface area contributed by atoms with Gasteiger partial charge in [-0.05, 0) is 12.3 Å². The fourth-order valence-corrected chi connectivity index (χ4v) is 0.961. The van der Waals surface area contributed by atoms with Gasteiger partial charge in [0.2, 0.25) is 0 Å². The Morgan fingerprint density at radius 1 is 1.62 bits per heavy atom. The lowest BCUT2D eigenvalue weighted by molar-refractivity contribution is 0.379. The summed E-state index contributed by atoms with van der Waals surface area (Å²) in [6, 6.07) is 0. The van der Waals surface area contributed by atoms with E-state index >= 15 is 0 Å². The van der Waals surface area contributed by atoms with Crippen LogP contribution in [0.4, 0.5) is 0 Å². The average molecular weight is 114 g/mol. The van der Waals surface area contributed by atoms with Gasteiger partial charge >= 0.3 is 7.12 Å². The summed E-state index contributed by atoms with van der Waals surface area (Å²) < 4.78 is 0. The molecule has 0 aliphatic heterocycles. The molecule has 1 aliphatic rings. The highest BCUT2D eigenvalue weighted by atomic mass is 16.4. The quantitative estimate of drug-likeness (QED) is 0.480. The molecule has 0 aromatic carbocycles. The predicted octanol–water partition coefficient (Wildman–Crippen LogP) is 0.259. The van der Waals surface area contributed by atoms with Gasteiger partial charge in [-0.2, -0.15) is 0 Å². The Bertz CT molecular complexity index is 105. The molecule has 1 saturated carbocycles. The minimum atomic E-state index is -1.11. The molecule has 1 fully saturated rings. The van der Waals surface area contributed by atoms with Crippen LogP contribution in [0.25, 0.3) is 0 Å². The fourth-order valence-electron chi connectivity index (χ4n) is 0.961. The van der Waals surface area contributed by atoms with E-state index in [1.54, 1.807) is 0 Å². The van der Waals surface area contributed by atoms with E-state index in [0.29, 0.717) is 5.92 Å². The van der Waals surface area contributed by atoms with Gasteiger partial charge in [0.05, 0.1) is 0 Å². The van der Waals surface area contributed by atoms with Gasteiger partial charge in [-0.3, -0.25) is 0 Å². The van der Waals surface area contributed by atoms with E-state index in [2.05, 4.69) is 0 Å². The lowest BCUT2D eigenvalue weighted by Crippen LogP contribution is -2.19. The molecule has 0 heterocycles. The third-order valence-electron chi connectivity index (χ3n) is 2.30. The molecule has 0 radical (unpaired) electrons. The maximum atomic E-state index is 8.68. The second-order valence-electron chi connectivity index (χ2n) is 2.98. The first kappa shape index (κ1) is 6.11. The molecular weight excluding hydrogens is 103 g/mol. The number of hydrogen-bond donors (Lipinski definition) is 2. The Morgan fingerprint density at radius 3 is 2.00 bits per heavy atom. The van der Waals surface area contributed by atoms with Crippen LogP contribution in [0.3, 0.4) is 0 Å². The number of rotatable bonds is 1. The minimum absolute atomic E-state index is 0.181. The van der Waals surface area contributed by atoms with Crippen LogP contribution >= 0.6 is 0 Å². The van der Waals surface area contributed by atoms with Gasteiger partial charge in [-0.1, -0.05) is 13.8 Å².